The minimum atomic E-state index is -0.630. The summed E-state index contributed by atoms with van der Waals surface area (Å²) in [6.07, 6.45) is 10.4. The average Bonchev–Trinajstić information content (AvgIpc) is 3.16. The number of nitrogens with one attached hydrogen (secondary N) is 2. The Labute approximate surface area is 294 Å². The third kappa shape index (κ3) is 11.1. The molecule has 0 spiro atoms. The fourth-order valence-electron chi connectivity index (χ4n) is 6.33. The van der Waals surface area contributed by atoms with Crippen molar-refractivity contribution < 1.29 is 19.8 Å². The van der Waals surface area contributed by atoms with Crippen LogP contribution in [0.5, 0.6) is 5.75 Å². The Morgan fingerprint density at radius 2 is 1.28 bits per heavy atom. The third-order valence-electron chi connectivity index (χ3n) is 9.43. The lowest BCUT2D eigenvalue weighted by molar-refractivity contribution is -0.122. The first-order chi connectivity index (χ1) is 24.4. The van der Waals surface area contributed by atoms with E-state index in [0.717, 1.165) is 64.0 Å². The molecule has 2 aliphatic heterocycles. The monoisotopic (exact) mass is 676 g/mol. The number of phenols is 1. The van der Waals surface area contributed by atoms with Crippen LogP contribution in [0.1, 0.15) is 49.8 Å². The summed E-state index contributed by atoms with van der Waals surface area (Å²) in [5.74, 6) is 1.55. The molecule has 2 amide bonds. The minimum Gasteiger partial charge on any atom is -0.508 e. The molecule has 2 fully saturated rings. The van der Waals surface area contributed by atoms with E-state index in [1.54, 1.807) is 42.7 Å². The molecule has 6 rings (SSSR count). The number of aliphatic hydroxyl groups excluding tert-OH is 1. The highest BCUT2D eigenvalue weighted by atomic mass is 16.3. The maximum Gasteiger partial charge on any atom is 0.228 e. The van der Waals surface area contributed by atoms with Crippen LogP contribution >= 0.6 is 0 Å². The lowest BCUT2D eigenvalue weighted by Crippen LogP contribution is -2.44. The fraction of sp³-hybridized carbons (Fsp3) is 0.350. The highest BCUT2D eigenvalue weighted by Gasteiger charge is 2.30. The number of hydrogen-bond donors (Lipinski definition) is 4. The zero-order valence-electron chi connectivity index (χ0n) is 28.6. The molecule has 4 N–H and O–H groups in total. The number of aromatic nitrogens is 2. The summed E-state index contributed by atoms with van der Waals surface area (Å²) in [6, 6.07) is 27.9. The molecular formula is C40H48N6O4. The molecule has 4 aromatic rings. The van der Waals surface area contributed by atoms with Gasteiger partial charge in [0.15, 0.2) is 0 Å². The molecule has 2 aliphatic rings. The second-order valence-corrected chi connectivity index (χ2v) is 12.9. The highest BCUT2D eigenvalue weighted by molar-refractivity contribution is 5.92. The number of aromatic hydroxyl groups is 1. The predicted molar refractivity (Wildman–Crippen MR) is 197 cm³/mol. The first kappa shape index (κ1) is 36.4. The van der Waals surface area contributed by atoms with Gasteiger partial charge in [0.05, 0.1) is 6.10 Å². The standard InChI is InChI=1S/C20H25N3O3.C20H23N3O/c1-14(19(25)15-5-7-17(24)8-6-15)23-12-9-16(10-13-23)20(26)22-18-4-2-3-11-21-18;24-20(22-19-10-4-5-13-21-19)18-11-15-23(16-12-18)14-6-9-17-7-2-1-3-8-17/h2-8,11,14,16,19,24-25H,9-10,12-13H2,1H3,(H,21,22,26);1-10,13,18H,11-12,14-16H2,(H,21,22,24). The Hall–Kier alpha value is -4.90. The number of likely N-dealkylation sites (tertiary alicyclic amines) is 2. The molecular weight excluding hydrogens is 628 g/mol. The highest BCUT2D eigenvalue weighted by Crippen LogP contribution is 2.27. The molecule has 10 nitrogen and oxygen atoms in total. The molecule has 262 valence electrons. The third-order valence-corrected chi connectivity index (χ3v) is 9.43. The second-order valence-electron chi connectivity index (χ2n) is 12.9. The van der Waals surface area contributed by atoms with E-state index >= 15 is 0 Å². The number of amides is 2. The molecule has 2 aromatic carbocycles. The summed E-state index contributed by atoms with van der Waals surface area (Å²) in [6.45, 7) is 6.36. The average molecular weight is 677 g/mol. The van der Waals surface area contributed by atoms with E-state index in [-0.39, 0.29) is 35.4 Å². The lowest BCUT2D eigenvalue weighted by Gasteiger charge is -2.37. The molecule has 0 radical (unpaired) electrons. The Balaban J connectivity index is 0.000000195. The maximum atomic E-state index is 12.4. The molecule has 2 atom stereocenters. The molecule has 0 bridgehead atoms. The van der Waals surface area contributed by atoms with Crippen LogP contribution in [0.2, 0.25) is 0 Å². The molecule has 0 aliphatic carbocycles. The van der Waals surface area contributed by atoms with Gasteiger partial charge in [0.1, 0.15) is 17.4 Å². The molecule has 2 aromatic heterocycles. The van der Waals surface area contributed by atoms with E-state index in [1.165, 1.54) is 5.56 Å². The van der Waals surface area contributed by atoms with Crippen molar-refractivity contribution in [1.29, 1.82) is 0 Å². The van der Waals surface area contributed by atoms with Crippen LogP contribution in [0.3, 0.4) is 0 Å². The van der Waals surface area contributed by atoms with Crippen molar-refractivity contribution in [3.63, 3.8) is 0 Å². The van der Waals surface area contributed by atoms with Crippen molar-refractivity contribution in [3.05, 3.63) is 121 Å². The summed E-state index contributed by atoms with van der Waals surface area (Å²) in [5, 5.41) is 25.7. The van der Waals surface area contributed by atoms with Crippen LogP contribution in [-0.4, -0.2) is 80.6 Å². The predicted octanol–water partition coefficient (Wildman–Crippen LogP) is 6.01. The normalized spacial score (nSPS) is 17.3. The van der Waals surface area contributed by atoms with Crippen LogP contribution in [-0.2, 0) is 9.59 Å². The molecule has 0 saturated carbocycles. The summed E-state index contributed by atoms with van der Waals surface area (Å²) < 4.78 is 0. The summed E-state index contributed by atoms with van der Waals surface area (Å²) >= 11 is 0. The van der Waals surface area contributed by atoms with E-state index in [4.69, 9.17) is 0 Å². The first-order valence-corrected chi connectivity index (χ1v) is 17.4. The zero-order chi connectivity index (χ0) is 35.1. The molecule has 10 heteroatoms. The van der Waals surface area contributed by atoms with Crippen molar-refractivity contribution in [2.24, 2.45) is 11.8 Å². The lowest BCUT2D eigenvalue weighted by atomic mass is 9.93. The molecule has 4 heterocycles. The van der Waals surface area contributed by atoms with Crippen molar-refractivity contribution in [2.45, 2.75) is 44.8 Å². The van der Waals surface area contributed by atoms with Crippen molar-refractivity contribution in [3.8, 4) is 5.75 Å². The van der Waals surface area contributed by atoms with Gasteiger partial charge < -0.3 is 20.8 Å². The molecule has 50 heavy (non-hydrogen) atoms. The van der Waals surface area contributed by atoms with Gasteiger partial charge in [-0.2, -0.15) is 0 Å². The van der Waals surface area contributed by atoms with Crippen LogP contribution in [0, 0.1) is 11.8 Å². The summed E-state index contributed by atoms with van der Waals surface area (Å²) in [5.41, 5.74) is 2.01. The van der Waals surface area contributed by atoms with E-state index in [1.807, 2.05) is 55.5 Å². The van der Waals surface area contributed by atoms with Crippen molar-refractivity contribution in [1.82, 2.24) is 19.8 Å². The second kappa shape index (κ2) is 18.7. The topological polar surface area (TPSA) is 131 Å². The van der Waals surface area contributed by atoms with Crippen molar-refractivity contribution >= 4 is 29.5 Å². The van der Waals surface area contributed by atoms with Crippen LogP contribution in [0.15, 0.2) is 109 Å². The number of carbonyl (C=O) groups excluding carboxylic acids is 2. The van der Waals surface area contributed by atoms with Gasteiger partial charge in [-0.1, -0.05) is 66.7 Å². The van der Waals surface area contributed by atoms with Crippen LogP contribution < -0.4 is 10.6 Å². The van der Waals surface area contributed by atoms with Gasteiger partial charge in [0.25, 0.3) is 0 Å². The zero-order valence-corrected chi connectivity index (χ0v) is 28.6. The Morgan fingerprint density at radius 1 is 0.760 bits per heavy atom. The van der Waals surface area contributed by atoms with Gasteiger partial charge in [-0.3, -0.25) is 19.4 Å². The van der Waals surface area contributed by atoms with E-state index in [9.17, 15) is 19.8 Å². The number of piperidine rings is 2. The number of nitrogens with zero attached hydrogens (tertiary/aromatic N) is 4. The molecule has 2 unspecified atom stereocenters. The quantitative estimate of drug-likeness (QED) is 0.161. The summed E-state index contributed by atoms with van der Waals surface area (Å²) in [7, 11) is 0. The first-order valence-electron chi connectivity index (χ1n) is 17.4. The number of anilines is 2. The number of rotatable bonds is 10. The van der Waals surface area contributed by atoms with E-state index < -0.39 is 6.10 Å². The Bertz CT molecular complexity index is 1620. The van der Waals surface area contributed by atoms with Gasteiger partial charge >= 0.3 is 0 Å². The number of pyridine rings is 2. The van der Waals surface area contributed by atoms with Gasteiger partial charge in [-0.25, -0.2) is 9.97 Å². The number of phenolic OH excluding ortho intramolecular Hbond substituents is 1. The number of aliphatic hydroxyl groups is 1. The number of benzene rings is 2. The van der Waals surface area contributed by atoms with Gasteiger partial charge in [0.2, 0.25) is 11.8 Å². The Kier molecular flexibility index (Phi) is 13.6. The van der Waals surface area contributed by atoms with Gasteiger partial charge in [0, 0.05) is 36.8 Å². The SMILES string of the molecule is CC(C(O)c1ccc(O)cc1)N1CCC(C(=O)Nc2ccccn2)CC1.O=C(Nc1ccccn1)C1CCN(CC=Cc2ccccc2)CC1. The number of hydrogen-bond acceptors (Lipinski definition) is 8. The fourth-order valence-corrected chi connectivity index (χ4v) is 6.33. The summed E-state index contributed by atoms with van der Waals surface area (Å²) in [4.78, 5) is 37.6. The van der Waals surface area contributed by atoms with Crippen LogP contribution in [0.4, 0.5) is 11.6 Å². The van der Waals surface area contributed by atoms with Gasteiger partial charge in [-0.15, -0.1) is 0 Å². The minimum absolute atomic E-state index is 0.00934. The van der Waals surface area contributed by atoms with E-state index in [2.05, 4.69) is 54.7 Å². The largest absolute Gasteiger partial charge is 0.508 e. The Morgan fingerprint density at radius 3 is 1.80 bits per heavy atom. The van der Waals surface area contributed by atoms with Crippen LogP contribution in [0.25, 0.3) is 6.08 Å². The van der Waals surface area contributed by atoms with Crippen molar-refractivity contribution in [2.75, 3.05) is 43.4 Å². The maximum absolute atomic E-state index is 12.4. The molecule has 2 saturated heterocycles. The van der Waals surface area contributed by atoms with Gasteiger partial charge in [-0.05, 0) is 106 Å². The smallest absolute Gasteiger partial charge is 0.228 e. The van der Waals surface area contributed by atoms with E-state index in [0.29, 0.717) is 11.6 Å². The number of carbonyl (C=O) groups is 2.